The molecule has 2 aromatic carbocycles. The number of hydrogen-bond donors (Lipinski definition) is 2. The van der Waals surface area contributed by atoms with E-state index in [-0.39, 0.29) is 12.5 Å². The molecule has 1 aliphatic rings. The Morgan fingerprint density at radius 1 is 1.09 bits per heavy atom. The van der Waals surface area contributed by atoms with Crippen molar-refractivity contribution in [2.45, 2.75) is 23.0 Å². The predicted octanol–water partition coefficient (Wildman–Crippen LogP) is 3.40. The molecule has 1 amide bonds. The van der Waals surface area contributed by atoms with Crippen LogP contribution in [-0.2, 0) is 16.1 Å². The normalized spacial score (nSPS) is 16.9. The van der Waals surface area contributed by atoms with Crippen LogP contribution in [0.3, 0.4) is 0 Å². The number of amides is 1. The van der Waals surface area contributed by atoms with Crippen molar-refractivity contribution in [3.05, 3.63) is 89.9 Å². The van der Waals surface area contributed by atoms with Crippen LogP contribution in [-0.4, -0.2) is 39.1 Å². The first kappa shape index (κ1) is 21.8. The summed E-state index contributed by atoms with van der Waals surface area (Å²) in [6.45, 7) is 0.277. The fourth-order valence-electron chi connectivity index (χ4n) is 3.71. The number of nitrogens with one attached hydrogen (secondary N) is 2. The number of furan rings is 1. The molecule has 2 atom stereocenters. The summed E-state index contributed by atoms with van der Waals surface area (Å²) in [7, 11) is 1.34. The van der Waals surface area contributed by atoms with Crippen molar-refractivity contribution in [1.29, 1.82) is 0 Å². The average molecular weight is 476 g/mol. The SMILES string of the molecule is COC(=O)c1ccc([C@H]2Nn3c(nnc3-c3ccccc3)S[C@@H]2C(=O)NCc2ccco2)cc1. The largest absolute Gasteiger partial charge is 0.467 e. The van der Waals surface area contributed by atoms with Gasteiger partial charge < -0.3 is 19.9 Å². The molecule has 9 nitrogen and oxygen atoms in total. The van der Waals surface area contributed by atoms with E-state index in [2.05, 4.69) is 20.9 Å². The summed E-state index contributed by atoms with van der Waals surface area (Å²) in [5, 5.41) is 11.6. The van der Waals surface area contributed by atoms with E-state index in [4.69, 9.17) is 9.15 Å². The van der Waals surface area contributed by atoms with Gasteiger partial charge in [-0.05, 0) is 29.8 Å². The second kappa shape index (κ2) is 9.44. The molecule has 1 aliphatic heterocycles. The van der Waals surface area contributed by atoms with E-state index in [0.717, 1.165) is 11.1 Å². The summed E-state index contributed by atoms with van der Waals surface area (Å²) in [5.74, 6) is 0.716. The van der Waals surface area contributed by atoms with Gasteiger partial charge in [0.15, 0.2) is 5.82 Å². The zero-order chi connectivity index (χ0) is 23.5. The minimum atomic E-state index is -0.542. The van der Waals surface area contributed by atoms with Gasteiger partial charge >= 0.3 is 5.97 Å². The molecule has 34 heavy (non-hydrogen) atoms. The van der Waals surface area contributed by atoms with Gasteiger partial charge in [-0.25, -0.2) is 9.47 Å². The maximum atomic E-state index is 13.2. The van der Waals surface area contributed by atoms with Crippen LogP contribution in [0.15, 0.2) is 82.6 Å². The molecule has 3 heterocycles. The number of benzene rings is 2. The Balaban J connectivity index is 1.47. The number of rotatable bonds is 6. The van der Waals surface area contributed by atoms with E-state index in [0.29, 0.717) is 22.3 Å². The Bertz CT molecular complexity index is 1290. The standard InChI is InChI=1S/C24H21N5O4S/c1-32-23(31)17-11-9-15(10-12-17)19-20(22(30)25-14-18-8-5-13-33-18)34-24-27-26-21(29(24)28-19)16-6-3-2-4-7-16/h2-13,19-20,28H,14H2,1H3,(H,25,30)/t19-,20+/m1/s1. The number of esters is 1. The van der Waals surface area contributed by atoms with Gasteiger partial charge in [-0.15, -0.1) is 10.2 Å². The van der Waals surface area contributed by atoms with Crippen LogP contribution in [0.5, 0.6) is 0 Å². The molecule has 0 radical (unpaired) electrons. The van der Waals surface area contributed by atoms with Gasteiger partial charge in [-0.3, -0.25) is 4.79 Å². The summed E-state index contributed by atoms with van der Waals surface area (Å²) in [6.07, 6.45) is 1.57. The van der Waals surface area contributed by atoms with Gasteiger partial charge in [-0.1, -0.05) is 54.2 Å². The molecular weight excluding hydrogens is 454 g/mol. The van der Waals surface area contributed by atoms with E-state index >= 15 is 0 Å². The Kier molecular flexibility index (Phi) is 6.05. The number of carbonyl (C=O) groups excluding carboxylic acids is 2. The smallest absolute Gasteiger partial charge is 0.337 e. The molecule has 0 saturated carbocycles. The van der Waals surface area contributed by atoms with Crippen LogP contribution in [0, 0.1) is 0 Å². The Morgan fingerprint density at radius 3 is 2.59 bits per heavy atom. The molecule has 4 aromatic rings. The van der Waals surface area contributed by atoms with Crippen molar-refractivity contribution in [3.8, 4) is 11.4 Å². The van der Waals surface area contributed by atoms with Gasteiger partial charge in [-0.2, -0.15) is 0 Å². The van der Waals surface area contributed by atoms with Crippen LogP contribution in [0.4, 0.5) is 0 Å². The zero-order valence-electron chi connectivity index (χ0n) is 18.2. The lowest BCUT2D eigenvalue weighted by atomic mass is 10.0. The van der Waals surface area contributed by atoms with Crippen LogP contribution in [0.2, 0.25) is 0 Å². The number of fused-ring (bicyclic) bond motifs is 1. The molecule has 2 N–H and O–H groups in total. The Hall–Kier alpha value is -4.05. The molecule has 172 valence electrons. The topological polar surface area (TPSA) is 111 Å². The molecule has 5 rings (SSSR count). The van der Waals surface area contributed by atoms with Crippen molar-refractivity contribution in [2.75, 3.05) is 12.5 Å². The van der Waals surface area contributed by atoms with Gasteiger partial charge in [0, 0.05) is 5.56 Å². The number of hydrogen-bond acceptors (Lipinski definition) is 8. The highest BCUT2D eigenvalue weighted by Crippen LogP contribution is 2.38. The second-order valence-corrected chi connectivity index (χ2v) is 8.67. The minimum Gasteiger partial charge on any atom is -0.467 e. The number of ether oxygens (including phenoxy) is 1. The number of methoxy groups -OCH3 is 1. The number of carbonyl (C=O) groups is 2. The van der Waals surface area contributed by atoms with Crippen LogP contribution in [0.1, 0.15) is 27.7 Å². The summed E-state index contributed by atoms with van der Waals surface area (Å²) in [4.78, 5) is 25.1. The number of aromatic nitrogens is 3. The molecule has 0 bridgehead atoms. The van der Waals surface area contributed by atoms with Crippen molar-refractivity contribution < 1.29 is 18.7 Å². The van der Waals surface area contributed by atoms with E-state index in [9.17, 15) is 9.59 Å². The monoisotopic (exact) mass is 475 g/mol. The quantitative estimate of drug-likeness (QED) is 0.408. The highest BCUT2D eigenvalue weighted by molar-refractivity contribution is 8.00. The van der Waals surface area contributed by atoms with E-state index < -0.39 is 17.3 Å². The van der Waals surface area contributed by atoms with Crippen molar-refractivity contribution >= 4 is 23.6 Å². The molecule has 0 spiro atoms. The maximum Gasteiger partial charge on any atom is 0.337 e. The lowest BCUT2D eigenvalue weighted by Crippen LogP contribution is -2.43. The maximum absolute atomic E-state index is 13.2. The molecule has 0 fully saturated rings. The average Bonchev–Trinajstić information content (AvgIpc) is 3.56. The summed E-state index contributed by atoms with van der Waals surface area (Å²) < 4.78 is 11.9. The fourth-order valence-corrected chi connectivity index (χ4v) is 4.82. The molecule has 0 unspecified atom stereocenters. The zero-order valence-corrected chi connectivity index (χ0v) is 19.0. The third-order valence-corrected chi connectivity index (χ3v) is 6.65. The summed E-state index contributed by atoms with van der Waals surface area (Å²) in [5.41, 5.74) is 5.58. The first-order valence-electron chi connectivity index (χ1n) is 10.6. The summed E-state index contributed by atoms with van der Waals surface area (Å²) in [6, 6.07) is 19.9. The Morgan fingerprint density at radius 2 is 1.88 bits per heavy atom. The van der Waals surface area contributed by atoms with Crippen LogP contribution in [0.25, 0.3) is 11.4 Å². The molecule has 0 saturated heterocycles. The molecule has 2 aromatic heterocycles. The third kappa shape index (κ3) is 4.27. The second-order valence-electron chi connectivity index (χ2n) is 7.56. The molecule has 10 heteroatoms. The first-order chi connectivity index (χ1) is 16.6. The van der Waals surface area contributed by atoms with Crippen molar-refractivity contribution in [1.82, 2.24) is 20.2 Å². The van der Waals surface area contributed by atoms with Crippen LogP contribution < -0.4 is 10.7 Å². The minimum absolute atomic E-state index is 0.175. The highest BCUT2D eigenvalue weighted by atomic mass is 32.2. The highest BCUT2D eigenvalue weighted by Gasteiger charge is 2.38. The van der Waals surface area contributed by atoms with Crippen LogP contribution >= 0.6 is 11.8 Å². The van der Waals surface area contributed by atoms with Gasteiger partial charge in [0.25, 0.3) is 0 Å². The lowest BCUT2D eigenvalue weighted by molar-refractivity contribution is -0.121. The van der Waals surface area contributed by atoms with E-state index in [1.165, 1.54) is 18.9 Å². The first-order valence-corrected chi connectivity index (χ1v) is 11.4. The molecule has 0 aliphatic carbocycles. The van der Waals surface area contributed by atoms with Gasteiger partial charge in [0.1, 0.15) is 11.0 Å². The van der Waals surface area contributed by atoms with Gasteiger partial charge in [0.05, 0.1) is 31.5 Å². The van der Waals surface area contributed by atoms with Crippen molar-refractivity contribution in [2.24, 2.45) is 0 Å². The lowest BCUT2D eigenvalue weighted by Gasteiger charge is -2.33. The molecular formula is C24H21N5O4S. The van der Waals surface area contributed by atoms with Crippen molar-refractivity contribution in [3.63, 3.8) is 0 Å². The van der Waals surface area contributed by atoms with Gasteiger partial charge in [0.2, 0.25) is 11.1 Å². The fraction of sp³-hybridized carbons (Fsp3) is 0.167. The predicted molar refractivity (Wildman–Crippen MR) is 126 cm³/mol. The number of nitrogens with zero attached hydrogens (tertiary/aromatic N) is 3. The van der Waals surface area contributed by atoms with E-state index in [1.54, 1.807) is 35.2 Å². The summed E-state index contributed by atoms with van der Waals surface area (Å²) >= 11 is 1.33. The number of thioether (sulfide) groups is 1. The van der Waals surface area contributed by atoms with E-state index in [1.807, 2.05) is 42.5 Å². The third-order valence-electron chi connectivity index (χ3n) is 5.43. The Labute approximate surface area is 199 Å².